The summed E-state index contributed by atoms with van der Waals surface area (Å²) in [5.41, 5.74) is 1.95. The van der Waals surface area contributed by atoms with Crippen LogP contribution >= 0.6 is 0 Å². The number of nitrogens with zero attached hydrogens (tertiary/aromatic N) is 2. The smallest absolute Gasteiger partial charge is 0.326 e. The number of carboxylic acid groups (broad SMARTS) is 1. The number of anilines is 1. The molecule has 1 aromatic heterocycles. The second kappa shape index (κ2) is 4.53. The van der Waals surface area contributed by atoms with E-state index < -0.39 is 12.0 Å². The molecule has 0 bridgehead atoms. The topological polar surface area (TPSA) is 53.4 Å². The molecule has 3 rings (SSSR count). The average molecular weight is 256 g/mol. The fourth-order valence-corrected chi connectivity index (χ4v) is 2.78. The van der Waals surface area contributed by atoms with Crippen LogP contribution in [0.15, 0.2) is 30.3 Å². The minimum atomic E-state index is -0.758. The molecule has 4 heteroatoms. The van der Waals surface area contributed by atoms with Gasteiger partial charge in [0.25, 0.3) is 0 Å². The monoisotopic (exact) mass is 256 g/mol. The molecule has 2 heterocycles. The number of aromatic nitrogens is 1. The summed E-state index contributed by atoms with van der Waals surface area (Å²) in [7, 11) is 0. The van der Waals surface area contributed by atoms with E-state index in [2.05, 4.69) is 11.1 Å². The van der Waals surface area contributed by atoms with Crippen molar-refractivity contribution in [1.82, 2.24) is 4.98 Å². The Hall–Kier alpha value is -2.10. The van der Waals surface area contributed by atoms with E-state index in [4.69, 9.17) is 0 Å². The number of para-hydroxylation sites is 1. The minimum absolute atomic E-state index is 0.438. The van der Waals surface area contributed by atoms with E-state index in [1.807, 2.05) is 36.1 Å². The largest absolute Gasteiger partial charge is 0.480 e. The van der Waals surface area contributed by atoms with Crippen LogP contribution in [0.1, 0.15) is 18.4 Å². The fraction of sp³-hybridized carbons (Fsp3) is 0.333. The predicted octanol–water partition coefficient (Wildman–Crippen LogP) is 2.60. The van der Waals surface area contributed by atoms with Crippen molar-refractivity contribution in [2.24, 2.45) is 0 Å². The molecule has 1 fully saturated rings. The van der Waals surface area contributed by atoms with Crippen LogP contribution in [0.5, 0.6) is 0 Å². The first-order valence-electron chi connectivity index (χ1n) is 6.52. The van der Waals surface area contributed by atoms with Crippen molar-refractivity contribution >= 4 is 22.7 Å². The van der Waals surface area contributed by atoms with Gasteiger partial charge in [0.15, 0.2) is 0 Å². The number of aliphatic carboxylic acids is 1. The number of carboxylic acids is 1. The molecule has 0 spiro atoms. The fourth-order valence-electron chi connectivity index (χ4n) is 2.78. The lowest BCUT2D eigenvalue weighted by Crippen LogP contribution is -2.36. The first-order chi connectivity index (χ1) is 9.16. The van der Waals surface area contributed by atoms with Crippen LogP contribution in [0, 0.1) is 6.92 Å². The molecule has 2 aromatic rings. The molecule has 98 valence electrons. The summed E-state index contributed by atoms with van der Waals surface area (Å²) < 4.78 is 0. The molecule has 19 heavy (non-hydrogen) atoms. The molecule has 0 radical (unpaired) electrons. The highest BCUT2D eigenvalue weighted by molar-refractivity contribution is 5.84. The SMILES string of the molecule is Cc1cc2ccccc2nc1N1CCCC1C(=O)O. The lowest BCUT2D eigenvalue weighted by Gasteiger charge is -2.24. The molecule has 1 atom stereocenters. The zero-order valence-electron chi connectivity index (χ0n) is 10.8. The van der Waals surface area contributed by atoms with Gasteiger partial charge in [0.2, 0.25) is 0 Å². The van der Waals surface area contributed by atoms with Crippen molar-refractivity contribution in [2.75, 3.05) is 11.4 Å². The van der Waals surface area contributed by atoms with E-state index in [9.17, 15) is 9.90 Å². The molecular formula is C15H16N2O2. The summed E-state index contributed by atoms with van der Waals surface area (Å²) in [5, 5.41) is 10.4. The van der Waals surface area contributed by atoms with Crippen molar-refractivity contribution in [1.29, 1.82) is 0 Å². The van der Waals surface area contributed by atoms with Gasteiger partial charge >= 0.3 is 5.97 Å². The summed E-state index contributed by atoms with van der Waals surface area (Å²) in [5.74, 6) is 0.0514. The standard InChI is InChI=1S/C15H16N2O2/c1-10-9-11-5-2-3-6-12(11)16-14(10)17-8-4-7-13(17)15(18)19/h2-3,5-6,9,13H,4,7-8H2,1H3,(H,18,19). The Bertz CT molecular complexity index is 639. The van der Waals surface area contributed by atoms with Gasteiger partial charge in [-0.25, -0.2) is 9.78 Å². The Labute approximate surface area is 111 Å². The number of hydrogen-bond acceptors (Lipinski definition) is 3. The Kier molecular flexibility index (Phi) is 2.85. The number of pyridine rings is 1. The molecule has 1 aromatic carbocycles. The van der Waals surface area contributed by atoms with Crippen LogP contribution in [0.3, 0.4) is 0 Å². The lowest BCUT2D eigenvalue weighted by molar-refractivity contribution is -0.138. The quantitative estimate of drug-likeness (QED) is 0.897. The first kappa shape index (κ1) is 12.0. The molecule has 1 aliphatic heterocycles. The summed E-state index contributed by atoms with van der Waals surface area (Å²) in [6, 6.07) is 9.57. The minimum Gasteiger partial charge on any atom is -0.480 e. The molecular weight excluding hydrogens is 240 g/mol. The van der Waals surface area contributed by atoms with Crippen LogP contribution in [0.2, 0.25) is 0 Å². The van der Waals surface area contributed by atoms with Gasteiger partial charge in [-0.1, -0.05) is 18.2 Å². The Morgan fingerprint density at radius 3 is 3.00 bits per heavy atom. The van der Waals surface area contributed by atoms with Crippen molar-refractivity contribution in [3.05, 3.63) is 35.9 Å². The normalized spacial score (nSPS) is 19.0. The van der Waals surface area contributed by atoms with E-state index >= 15 is 0 Å². The van der Waals surface area contributed by atoms with Crippen molar-refractivity contribution in [3.8, 4) is 0 Å². The second-order valence-corrected chi connectivity index (χ2v) is 5.01. The highest BCUT2D eigenvalue weighted by Gasteiger charge is 2.32. The first-order valence-corrected chi connectivity index (χ1v) is 6.52. The van der Waals surface area contributed by atoms with E-state index in [1.165, 1.54) is 0 Å². The Morgan fingerprint density at radius 2 is 2.21 bits per heavy atom. The zero-order chi connectivity index (χ0) is 13.4. The van der Waals surface area contributed by atoms with E-state index in [-0.39, 0.29) is 0 Å². The van der Waals surface area contributed by atoms with E-state index in [1.54, 1.807) is 0 Å². The molecule has 0 saturated carbocycles. The van der Waals surface area contributed by atoms with E-state index in [0.717, 1.165) is 35.2 Å². The Balaban J connectivity index is 2.09. The number of fused-ring (bicyclic) bond motifs is 1. The summed E-state index contributed by atoms with van der Waals surface area (Å²) in [6.45, 7) is 2.76. The third-order valence-corrected chi connectivity index (χ3v) is 3.70. The van der Waals surface area contributed by atoms with Gasteiger partial charge in [-0.15, -0.1) is 0 Å². The van der Waals surface area contributed by atoms with Crippen LogP contribution < -0.4 is 4.90 Å². The van der Waals surface area contributed by atoms with Gasteiger partial charge in [-0.2, -0.15) is 0 Å². The molecule has 0 aliphatic carbocycles. The second-order valence-electron chi connectivity index (χ2n) is 5.01. The number of carbonyl (C=O) groups is 1. The summed E-state index contributed by atoms with van der Waals surface area (Å²) in [4.78, 5) is 17.9. The molecule has 1 saturated heterocycles. The molecule has 4 nitrogen and oxygen atoms in total. The van der Waals surface area contributed by atoms with Gasteiger partial charge < -0.3 is 10.0 Å². The molecule has 1 N–H and O–H groups in total. The van der Waals surface area contributed by atoms with Crippen molar-refractivity contribution in [2.45, 2.75) is 25.8 Å². The average Bonchev–Trinajstić information content (AvgIpc) is 2.87. The van der Waals surface area contributed by atoms with Gasteiger partial charge in [-0.3, -0.25) is 0 Å². The lowest BCUT2D eigenvalue weighted by atomic mass is 10.1. The van der Waals surface area contributed by atoms with Crippen LogP contribution in [-0.4, -0.2) is 28.6 Å². The van der Waals surface area contributed by atoms with Crippen LogP contribution in [0.25, 0.3) is 10.9 Å². The van der Waals surface area contributed by atoms with E-state index in [0.29, 0.717) is 6.42 Å². The highest BCUT2D eigenvalue weighted by Crippen LogP contribution is 2.29. The maximum atomic E-state index is 11.3. The van der Waals surface area contributed by atoms with Crippen LogP contribution in [0.4, 0.5) is 5.82 Å². The third-order valence-electron chi connectivity index (χ3n) is 3.70. The van der Waals surface area contributed by atoms with Gasteiger partial charge in [-0.05, 0) is 37.5 Å². The maximum absolute atomic E-state index is 11.3. The molecule has 1 unspecified atom stereocenters. The maximum Gasteiger partial charge on any atom is 0.326 e. The molecule has 1 aliphatic rings. The predicted molar refractivity (Wildman–Crippen MR) is 74.5 cm³/mol. The number of hydrogen-bond donors (Lipinski definition) is 1. The summed E-state index contributed by atoms with van der Waals surface area (Å²) >= 11 is 0. The number of benzene rings is 1. The zero-order valence-corrected chi connectivity index (χ0v) is 10.8. The highest BCUT2D eigenvalue weighted by atomic mass is 16.4. The number of aryl methyl sites for hydroxylation is 1. The molecule has 0 amide bonds. The number of rotatable bonds is 2. The third kappa shape index (κ3) is 2.03. The Morgan fingerprint density at radius 1 is 1.42 bits per heavy atom. The van der Waals surface area contributed by atoms with Crippen LogP contribution in [-0.2, 0) is 4.79 Å². The van der Waals surface area contributed by atoms with Gasteiger partial charge in [0.1, 0.15) is 11.9 Å². The summed E-state index contributed by atoms with van der Waals surface area (Å²) in [6.07, 6.45) is 1.61. The van der Waals surface area contributed by atoms with Gasteiger partial charge in [0.05, 0.1) is 5.52 Å². The van der Waals surface area contributed by atoms with Crippen molar-refractivity contribution in [3.63, 3.8) is 0 Å². The van der Waals surface area contributed by atoms with Gasteiger partial charge in [0, 0.05) is 11.9 Å². The van der Waals surface area contributed by atoms with Crippen molar-refractivity contribution < 1.29 is 9.90 Å².